The van der Waals surface area contributed by atoms with Gasteiger partial charge >= 0.3 is 0 Å². The highest BCUT2D eigenvalue weighted by Crippen LogP contribution is 2.37. The summed E-state index contributed by atoms with van der Waals surface area (Å²) >= 11 is 0. The third kappa shape index (κ3) is 2.64. The smallest absolute Gasteiger partial charge is 0.168 e. The lowest BCUT2D eigenvalue weighted by Crippen LogP contribution is -2.43. The number of hydrogen-bond donors (Lipinski definition) is 1. The fraction of sp³-hybridized carbons (Fsp3) is 0.562. The molecule has 0 amide bonds. The van der Waals surface area contributed by atoms with Gasteiger partial charge in [0.05, 0.1) is 11.5 Å². The highest BCUT2D eigenvalue weighted by molar-refractivity contribution is 5.98. The Balaban J connectivity index is 2.20. The molecule has 1 fully saturated rings. The van der Waals surface area contributed by atoms with Crippen molar-refractivity contribution >= 4 is 5.78 Å². The fourth-order valence-corrected chi connectivity index (χ4v) is 3.13. The lowest BCUT2D eigenvalue weighted by molar-refractivity contribution is -0.0397. The molecule has 0 heterocycles. The highest BCUT2D eigenvalue weighted by Gasteiger charge is 2.40. The molecule has 1 aromatic rings. The largest absolute Gasteiger partial charge is 0.389 e. The van der Waals surface area contributed by atoms with Crippen molar-refractivity contribution in [1.82, 2.24) is 0 Å². The van der Waals surface area contributed by atoms with E-state index in [1.54, 1.807) is 0 Å². The van der Waals surface area contributed by atoms with Crippen LogP contribution in [0.1, 0.15) is 55.8 Å². The van der Waals surface area contributed by atoms with Gasteiger partial charge in [-0.25, -0.2) is 0 Å². The monoisotopic (exact) mass is 246 g/mol. The van der Waals surface area contributed by atoms with Gasteiger partial charge in [-0.1, -0.05) is 56.5 Å². The summed E-state index contributed by atoms with van der Waals surface area (Å²) in [5.41, 5.74) is -0.0525. The van der Waals surface area contributed by atoms with Crippen LogP contribution in [-0.2, 0) is 0 Å². The van der Waals surface area contributed by atoms with Crippen LogP contribution in [0.3, 0.4) is 0 Å². The zero-order valence-corrected chi connectivity index (χ0v) is 11.1. The van der Waals surface area contributed by atoms with Crippen molar-refractivity contribution in [1.29, 1.82) is 0 Å². The SMILES string of the molecule is CCC(C(=O)c1ccccc1)C1(O)CCCCC1. The maximum Gasteiger partial charge on any atom is 0.168 e. The first kappa shape index (κ1) is 13.3. The Morgan fingerprint density at radius 2 is 1.83 bits per heavy atom. The number of Topliss-reactive ketones (excluding diaryl/α,β-unsaturated/α-hetero) is 1. The molecule has 1 aliphatic carbocycles. The van der Waals surface area contributed by atoms with Crippen LogP contribution < -0.4 is 0 Å². The van der Waals surface area contributed by atoms with Gasteiger partial charge in [-0.2, -0.15) is 0 Å². The van der Waals surface area contributed by atoms with Crippen molar-refractivity contribution in [3.63, 3.8) is 0 Å². The van der Waals surface area contributed by atoms with Gasteiger partial charge in [-0.15, -0.1) is 0 Å². The van der Waals surface area contributed by atoms with Crippen molar-refractivity contribution in [2.24, 2.45) is 5.92 Å². The Morgan fingerprint density at radius 1 is 1.22 bits per heavy atom. The first-order valence-corrected chi connectivity index (χ1v) is 6.99. The van der Waals surface area contributed by atoms with E-state index in [2.05, 4.69) is 0 Å². The normalized spacial score (nSPS) is 20.3. The topological polar surface area (TPSA) is 37.3 Å². The molecule has 1 unspecified atom stereocenters. The standard InChI is InChI=1S/C16H22O2/c1-2-14(16(18)11-7-4-8-12-16)15(17)13-9-5-3-6-10-13/h3,5-6,9-10,14,18H,2,4,7-8,11-12H2,1H3. The van der Waals surface area contributed by atoms with Crippen LogP contribution in [0, 0.1) is 5.92 Å². The van der Waals surface area contributed by atoms with E-state index in [0.717, 1.165) is 31.2 Å². The molecular formula is C16H22O2. The summed E-state index contributed by atoms with van der Waals surface area (Å²) in [4.78, 5) is 12.5. The molecule has 1 saturated carbocycles. The van der Waals surface area contributed by atoms with E-state index in [1.807, 2.05) is 37.3 Å². The number of benzene rings is 1. The van der Waals surface area contributed by atoms with Gasteiger partial charge in [0.15, 0.2) is 5.78 Å². The van der Waals surface area contributed by atoms with Gasteiger partial charge in [0.1, 0.15) is 0 Å². The number of ketones is 1. The lowest BCUT2D eigenvalue weighted by atomic mass is 9.72. The Kier molecular flexibility index (Phi) is 4.18. The number of hydrogen-bond acceptors (Lipinski definition) is 2. The minimum atomic E-state index is -0.778. The van der Waals surface area contributed by atoms with Gasteiger partial charge in [0, 0.05) is 5.56 Å². The third-order valence-corrected chi connectivity index (χ3v) is 4.15. The Labute approximate surface area is 109 Å². The summed E-state index contributed by atoms with van der Waals surface area (Å²) in [7, 11) is 0. The lowest BCUT2D eigenvalue weighted by Gasteiger charge is -2.38. The van der Waals surface area contributed by atoms with Crippen molar-refractivity contribution in [3.8, 4) is 0 Å². The molecule has 1 aromatic carbocycles. The van der Waals surface area contributed by atoms with Gasteiger partial charge < -0.3 is 5.11 Å². The molecule has 0 bridgehead atoms. The fourth-order valence-electron chi connectivity index (χ4n) is 3.13. The van der Waals surface area contributed by atoms with Crippen LogP contribution in [0.5, 0.6) is 0 Å². The second kappa shape index (κ2) is 5.66. The summed E-state index contributed by atoms with van der Waals surface area (Å²) in [5.74, 6) is -0.150. The summed E-state index contributed by atoms with van der Waals surface area (Å²) < 4.78 is 0. The highest BCUT2D eigenvalue weighted by atomic mass is 16.3. The van der Waals surface area contributed by atoms with E-state index < -0.39 is 5.60 Å². The zero-order valence-electron chi connectivity index (χ0n) is 11.1. The summed E-state index contributed by atoms with van der Waals surface area (Å²) in [5, 5.41) is 10.7. The average Bonchev–Trinajstić information content (AvgIpc) is 2.41. The Morgan fingerprint density at radius 3 is 2.39 bits per heavy atom. The molecule has 2 nitrogen and oxygen atoms in total. The third-order valence-electron chi connectivity index (χ3n) is 4.15. The maximum atomic E-state index is 12.5. The maximum absolute atomic E-state index is 12.5. The van der Waals surface area contributed by atoms with Crippen LogP contribution >= 0.6 is 0 Å². The van der Waals surface area contributed by atoms with E-state index in [9.17, 15) is 9.90 Å². The van der Waals surface area contributed by atoms with Crippen molar-refractivity contribution in [3.05, 3.63) is 35.9 Å². The van der Waals surface area contributed by atoms with Crippen molar-refractivity contribution in [2.75, 3.05) is 0 Å². The number of carbonyl (C=O) groups is 1. The average molecular weight is 246 g/mol. The van der Waals surface area contributed by atoms with Gasteiger partial charge in [0.2, 0.25) is 0 Å². The van der Waals surface area contributed by atoms with Crippen LogP contribution in [0.15, 0.2) is 30.3 Å². The minimum absolute atomic E-state index is 0.0995. The first-order chi connectivity index (χ1) is 8.67. The van der Waals surface area contributed by atoms with E-state index in [-0.39, 0.29) is 11.7 Å². The molecule has 1 N–H and O–H groups in total. The Hall–Kier alpha value is -1.15. The first-order valence-electron chi connectivity index (χ1n) is 6.99. The molecule has 0 spiro atoms. The second-order valence-electron chi connectivity index (χ2n) is 5.36. The summed E-state index contributed by atoms with van der Waals surface area (Å²) in [6.07, 6.45) is 5.50. The molecular weight excluding hydrogens is 224 g/mol. The quantitative estimate of drug-likeness (QED) is 0.824. The van der Waals surface area contributed by atoms with Crippen LogP contribution in [0.2, 0.25) is 0 Å². The number of aliphatic hydroxyl groups is 1. The number of carbonyl (C=O) groups excluding carboxylic acids is 1. The molecule has 2 rings (SSSR count). The van der Waals surface area contributed by atoms with E-state index >= 15 is 0 Å². The molecule has 0 aromatic heterocycles. The van der Waals surface area contributed by atoms with Gasteiger partial charge in [-0.3, -0.25) is 4.79 Å². The molecule has 0 radical (unpaired) electrons. The Bertz CT molecular complexity index is 391. The van der Waals surface area contributed by atoms with Crippen LogP contribution in [0.4, 0.5) is 0 Å². The van der Waals surface area contributed by atoms with Crippen LogP contribution in [0.25, 0.3) is 0 Å². The summed E-state index contributed by atoms with van der Waals surface area (Å²) in [6.45, 7) is 2.00. The molecule has 1 aliphatic rings. The van der Waals surface area contributed by atoms with Crippen molar-refractivity contribution in [2.45, 2.75) is 51.0 Å². The molecule has 0 aliphatic heterocycles. The van der Waals surface area contributed by atoms with Crippen LogP contribution in [-0.4, -0.2) is 16.5 Å². The summed E-state index contributed by atoms with van der Waals surface area (Å²) in [6, 6.07) is 9.36. The number of rotatable bonds is 4. The molecule has 1 atom stereocenters. The molecule has 2 heteroatoms. The zero-order chi connectivity index (χ0) is 13.0. The molecule has 0 saturated heterocycles. The van der Waals surface area contributed by atoms with Crippen molar-refractivity contribution < 1.29 is 9.90 Å². The molecule has 18 heavy (non-hydrogen) atoms. The van der Waals surface area contributed by atoms with Gasteiger partial charge in [0.25, 0.3) is 0 Å². The second-order valence-corrected chi connectivity index (χ2v) is 5.36. The molecule has 98 valence electrons. The van der Waals surface area contributed by atoms with E-state index in [0.29, 0.717) is 6.42 Å². The van der Waals surface area contributed by atoms with E-state index in [1.165, 1.54) is 6.42 Å². The minimum Gasteiger partial charge on any atom is -0.389 e. The van der Waals surface area contributed by atoms with E-state index in [4.69, 9.17) is 0 Å². The predicted molar refractivity (Wildman–Crippen MR) is 72.6 cm³/mol. The van der Waals surface area contributed by atoms with Gasteiger partial charge in [-0.05, 0) is 19.3 Å². The predicted octanol–water partition coefficient (Wildman–Crippen LogP) is 3.59.